The number of nitriles is 1. The van der Waals surface area contributed by atoms with Gasteiger partial charge in [-0.25, -0.2) is 10.2 Å². The molecule has 4 N–H and O–H groups in total. The standard InChI is InChI=1S/C11H13BN5O5/c13-2-12-17-4-16(9-6(17)10(21)15-3-14-9)11-8(20)7(19)5(1-18)22-11/h3,5,7-8,11,18-20H,1,4H2,(H,14,15,21)/t5-,7-,8-,11-/m1/s1. The van der Waals surface area contributed by atoms with E-state index in [2.05, 4.69) is 9.97 Å². The molecule has 0 saturated carbocycles. The van der Waals surface area contributed by atoms with Gasteiger partial charge in [-0.2, -0.15) is 0 Å². The van der Waals surface area contributed by atoms with Crippen LogP contribution in [0.2, 0.25) is 0 Å². The Bertz CT molecular complexity index is 663. The van der Waals surface area contributed by atoms with E-state index in [1.165, 1.54) is 16.0 Å². The van der Waals surface area contributed by atoms with E-state index in [4.69, 9.17) is 15.1 Å². The first-order valence-corrected chi connectivity index (χ1v) is 6.55. The van der Waals surface area contributed by atoms with Crippen LogP contribution in [0, 0.1) is 11.2 Å². The Labute approximate surface area is 125 Å². The summed E-state index contributed by atoms with van der Waals surface area (Å²) in [6.45, 7) is -0.401. The first kappa shape index (κ1) is 14.8. The van der Waals surface area contributed by atoms with Crippen LogP contribution < -0.4 is 15.3 Å². The summed E-state index contributed by atoms with van der Waals surface area (Å²) < 4.78 is 5.44. The number of anilines is 2. The molecule has 0 spiro atoms. The third-order valence-corrected chi connectivity index (χ3v) is 3.71. The molecule has 2 aliphatic heterocycles. The molecule has 4 atom stereocenters. The van der Waals surface area contributed by atoms with E-state index >= 15 is 0 Å². The van der Waals surface area contributed by atoms with E-state index in [1.54, 1.807) is 0 Å². The van der Waals surface area contributed by atoms with Crippen LogP contribution in [0.1, 0.15) is 0 Å². The normalized spacial score (nSPS) is 30.3. The number of ether oxygens (including phenoxy) is 1. The van der Waals surface area contributed by atoms with Gasteiger partial charge in [0.05, 0.1) is 19.6 Å². The summed E-state index contributed by atoms with van der Waals surface area (Å²) in [7, 11) is 1.15. The fraction of sp³-hybridized carbons (Fsp3) is 0.545. The van der Waals surface area contributed by atoms with Crippen LogP contribution in [0.25, 0.3) is 0 Å². The molecular weight excluding hydrogens is 293 g/mol. The molecular formula is C11H13BN5O5. The lowest BCUT2D eigenvalue weighted by Gasteiger charge is -2.27. The van der Waals surface area contributed by atoms with Gasteiger partial charge in [0.15, 0.2) is 12.0 Å². The number of hydrogen-bond donors (Lipinski definition) is 4. The molecule has 0 amide bonds. The topological polar surface area (TPSA) is 146 Å². The van der Waals surface area contributed by atoms with Crippen LogP contribution in [-0.2, 0) is 4.74 Å². The van der Waals surface area contributed by atoms with E-state index in [-0.39, 0.29) is 18.2 Å². The van der Waals surface area contributed by atoms with Crippen LogP contribution in [0.3, 0.4) is 0 Å². The second-order valence-electron chi connectivity index (χ2n) is 4.97. The van der Waals surface area contributed by atoms with Gasteiger partial charge in [-0.05, 0) is 0 Å². The van der Waals surface area contributed by atoms with Gasteiger partial charge in [0.2, 0.25) is 0 Å². The van der Waals surface area contributed by atoms with E-state index in [0.717, 1.165) is 7.41 Å². The maximum atomic E-state index is 11.9. The first-order chi connectivity index (χ1) is 10.6. The summed E-state index contributed by atoms with van der Waals surface area (Å²) in [4.78, 5) is 21.2. The lowest BCUT2D eigenvalue weighted by molar-refractivity contribution is -0.0221. The maximum Gasteiger partial charge on any atom is 0.388 e. The van der Waals surface area contributed by atoms with Crippen LogP contribution in [-0.4, -0.2) is 70.5 Å². The molecule has 2 aliphatic rings. The molecule has 10 nitrogen and oxygen atoms in total. The number of aromatic nitrogens is 2. The number of aromatic amines is 1. The largest absolute Gasteiger partial charge is 0.394 e. The zero-order valence-corrected chi connectivity index (χ0v) is 11.3. The van der Waals surface area contributed by atoms with Gasteiger partial charge in [-0.15, -0.1) is 0 Å². The average Bonchev–Trinajstić information content (AvgIpc) is 3.00. The first-order valence-electron chi connectivity index (χ1n) is 6.55. The molecule has 0 bridgehead atoms. The fourth-order valence-electron chi connectivity index (χ4n) is 2.67. The second-order valence-corrected chi connectivity index (χ2v) is 4.97. The minimum absolute atomic E-state index is 0.0512. The van der Waals surface area contributed by atoms with Gasteiger partial charge >= 0.3 is 7.41 Å². The van der Waals surface area contributed by atoms with Crippen molar-refractivity contribution < 1.29 is 20.1 Å². The van der Waals surface area contributed by atoms with Gasteiger partial charge in [-0.3, -0.25) is 4.79 Å². The van der Waals surface area contributed by atoms with E-state index in [9.17, 15) is 15.0 Å². The Hall–Kier alpha value is -2.13. The van der Waals surface area contributed by atoms with E-state index in [0.29, 0.717) is 0 Å². The molecule has 115 valence electrons. The monoisotopic (exact) mass is 306 g/mol. The van der Waals surface area contributed by atoms with Crippen molar-refractivity contribution in [3.8, 4) is 5.97 Å². The van der Waals surface area contributed by atoms with Crippen LogP contribution >= 0.6 is 0 Å². The summed E-state index contributed by atoms with van der Waals surface area (Å²) in [5.41, 5.74) is -0.285. The van der Waals surface area contributed by atoms with Crippen molar-refractivity contribution in [2.75, 3.05) is 23.0 Å². The van der Waals surface area contributed by atoms with Gasteiger partial charge in [-0.1, -0.05) is 0 Å². The third-order valence-electron chi connectivity index (χ3n) is 3.71. The molecule has 3 heterocycles. The number of nitrogens with one attached hydrogen (secondary N) is 1. The molecule has 1 fully saturated rings. The number of rotatable bonds is 3. The van der Waals surface area contributed by atoms with Gasteiger partial charge in [0.25, 0.3) is 5.56 Å². The molecule has 0 aromatic carbocycles. The Morgan fingerprint density at radius 1 is 1.55 bits per heavy atom. The summed E-state index contributed by atoms with van der Waals surface area (Å²) in [6.07, 6.45) is -3.26. The number of hydrogen-bond acceptors (Lipinski definition) is 9. The Morgan fingerprint density at radius 2 is 2.32 bits per heavy atom. The summed E-state index contributed by atoms with van der Waals surface area (Å²) in [6, 6.07) is 0. The predicted octanol–water partition coefficient (Wildman–Crippen LogP) is -3.11. The molecule has 3 rings (SSSR count). The van der Waals surface area contributed by atoms with Crippen molar-refractivity contribution >= 4 is 18.9 Å². The van der Waals surface area contributed by atoms with Crippen molar-refractivity contribution in [3.63, 3.8) is 0 Å². The molecule has 11 heteroatoms. The number of nitrogens with zero attached hydrogens (tertiary/aromatic N) is 4. The van der Waals surface area contributed by atoms with Crippen LogP contribution in [0.15, 0.2) is 11.1 Å². The van der Waals surface area contributed by atoms with Gasteiger partial charge < -0.3 is 34.8 Å². The van der Waals surface area contributed by atoms with Crippen molar-refractivity contribution in [3.05, 3.63) is 16.7 Å². The summed E-state index contributed by atoms with van der Waals surface area (Å²) >= 11 is 0. The van der Waals surface area contributed by atoms with Crippen molar-refractivity contribution in [2.45, 2.75) is 24.5 Å². The average molecular weight is 306 g/mol. The molecule has 1 radical (unpaired) electrons. The third kappa shape index (κ3) is 2.13. The zero-order chi connectivity index (χ0) is 15.9. The number of aliphatic hydroxyl groups excluding tert-OH is 3. The zero-order valence-electron chi connectivity index (χ0n) is 11.3. The Kier molecular flexibility index (Phi) is 3.75. The Balaban J connectivity index is 1.96. The minimum atomic E-state index is -1.28. The molecule has 1 aromatic heterocycles. The van der Waals surface area contributed by atoms with Gasteiger partial charge in [0, 0.05) is 5.97 Å². The molecule has 22 heavy (non-hydrogen) atoms. The van der Waals surface area contributed by atoms with Crippen molar-refractivity contribution in [2.24, 2.45) is 0 Å². The number of H-pyrrole nitrogens is 1. The minimum Gasteiger partial charge on any atom is -0.394 e. The van der Waals surface area contributed by atoms with Crippen LogP contribution in [0.5, 0.6) is 0 Å². The summed E-state index contributed by atoms with van der Waals surface area (Å²) in [5.74, 6) is 2.06. The highest BCUT2D eigenvalue weighted by molar-refractivity contribution is 6.50. The van der Waals surface area contributed by atoms with E-state index in [1.807, 2.05) is 5.97 Å². The molecule has 0 unspecified atom stereocenters. The predicted molar refractivity (Wildman–Crippen MR) is 73.8 cm³/mol. The quantitative estimate of drug-likeness (QED) is 0.426. The highest BCUT2D eigenvalue weighted by atomic mass is 16.6. The lowest BCUT2D eigenvalue weighted by atomic mass is 9.95. The highest BCUT2D eigenvalue weighted by Gasteiger charge is 2.48. The maximum absolute atomic E-state index is 11.9. The summed E-state index contributed by atoms with van der Waals surface area (Å²) in [5, 5.41) is 37.9. The number of aliphatic hydroxyl groups is 3. The highest BCUT2D eigenvalue weighted by Crippen LogP contribution is 2.35. The molecule has 1 saturated heterocycles. The Morgan fingerprint density at radius 3 is 2.95 bits per heavy atom. The molecule has 0 aliphatic carbocycles. The number of fused-ring (bicyclic) bond motifs is 1. The fourth-order valence-corrected chi connectivity index (χ4v) is 2.67. The smallest absolute Gasteiger partial charge is 0.388 e. The SMILES string of the molecule is N#C[B]N1CN([C@@H]2O[C@H](CO)[C@@H](O)[C@H]2O)c2nc[nH]c(=O)c21. The van der Waals surface area contributed by atoms with Crippen LogP contribution in [0.4, 0.5) is 11.5 Å². The van der Waals surface area contributed by atoms with E-state index < -0.39 is 36.7 Å². The second kappa shape index (κ2) is 5.58. The molecule has 1 aromatic rings. The van der Waals surface area contributed by atoms with Gasteiger partial charge in [0.1, 0.15) is 24.0 Å². The van der Waals surface area contributed by atoms with Crippen molar-refractivity contribution in [1.82, 2.24) is 9.97 Å². The lowest BCUT2D eigenvalue weighted by Crippen LogP contribution is -2.46. The van der Waals surface area contributed by atoms with Crippen molar-refractivity contribution in [1.29, 1.82) is 5.26 Å².